The molecule has 2 aromatic carbocycles. The van der Waals surface area contributed by atoms with Crippen molar-refractivity contribution in [3.8, 4) is 17.9 Å². The maximum Gasteiger partial charge on any atom is 0.343 e. The van der Waals surface area contributed by atoms with Gasteiger partial charge >= 0.3 is 5.97 Å². The minimum absolute atomic E-state index is 0.391. The van der Waals surface area contributed by atoms with Crippen molar-refractivity contribution >= 4 is 23.5 Å². The summed E-state index contributed by atoms with van der Waals surface area (Å²) in [4.78, 5) is 14.3. The SMILES string of the molecule is COc1ccc(C2=C/C(=C/c3ccc(N(CCC#N)CCC#N)cc3)C(=O)O2)cc1. The van der Waals surface area contributed by atoms with Gasteiger partial charge in [-0.2, -0.15) is 10.5 Å². The molecule has 0 aromatic heterocycles. The zero-order valence-electron chi connectivity index (χ0n) is 16.7. The largest absolute Gasteiger partial charge is 0.497 e. The highest BCUT2D eigenvalue weighted by atomic mass is 16.5. The van der Waals surface area contributed by atoms with E-state index in [-0.39, 0.29) is 0 Å². The molecule has 6 nitrogen and oxygen atoms in total. The van der Waals surface area contributed by atoms with E-state index in [2.05, 4.69) is 12.1 Å². The van der Waals surface area contributed by atoms with E-state index in [0.717, 1.165) is 22.6 Å². The van der Waals surface area contributed by atoms with E-state index in [1.54, 1.807) is 19.3 Å². The summed E-state index contributed by atoms with van der Waals surface area (Å²) in [6.07, 6.45) is 4.28. The standard InChI is InChI=1S/C24H21N3O3/c1-29-22-10-6-19(7-11-22)23-17-20(24(28)30-23)16-18-4-8-21(9-5-18)27(14-2-12-25)15-3-13-26/h4-11,16-17H,2-3,14-15H2,1H3/b20-16-. The smallest absolute Gasteiger partial charge is 0.343 e. The molecule has 0 saturated carbocycles. The Hall–Kier alpha value is -4.03. The molecule has 0 spiro atoms. The maximum atomic E-state index is 12.3. The van der Waals surface area contributed by atoms with Crippen LogP contribution in [0.4, 0.5) is 5.69 Å². The summed E-state index contributed by atoms with van der Waals surface area (Å²) in [5.74, 6) is 0.845. The van der Waals surface area contributed by atoms with Crippen LogP contribution in [0.3, 0.4) is 0 Å². The molecule has 1 aliphatic heterocycles. The molecule has 2 aromatic rings. The second-order valence-electron chi connectivity index (χ2n) is 6.62. The number of ether oxygens (including phenoxy) is 2. The van der Waals surface area contributed by atoms with Gasteiger partial charge in [-0.1, -0.05) is 12.1 Å². The van der Waals surface area contributed by atoms with Crippen LogP contribution in [0, 0.1) is 22.7 Å². The predicted molar refractivity (Wildman–Crippen MR) is 114 cm³/mol. The summed E-state index contributed by atoms with van der Waals surface area (Å²) >= 11 is 0. The average molecular weight is 399 g/mol. The fourth-order valence-corrected chi connectivity index (χ4v) is 3.09. The molecular formula is C24H21N3O3. The molecule has 3 rings (SSSR count). The lowest BCUT2D eigenvalue weighted by Gasteiger charge is -2.22. The summed E-state index contributed by atoms with van der Waals surface area (Å²) in [6, 6.07) is 19.2. The van der Waals surface area contributed by atoms with E-state index in [0.29, 0.717) is 37.3 Å². The third-order valence-corrected chi connectivity index (χ3v) is 4.67. The Morgan fingerprint density at radius 3 is 2.20 bits per heavy atom. The number of nitrogens with zero attached hydrogens (tertiary/aromatic N) is 3. The van der Waals surface area contributed by atoms with Gasteiger partial charge in [-0.15, -0.1) is 0 Å². The van der Waals surface area contributed by atoms with Gasteiger partial charge in [0.05, 0.1) is 37.7 Å². The van der Waals surface area contributed by atoms with E-state index >= 15 is 0 Å². The lowest BCUT2D eigenvalue weighted by atomic mass is 10.1. The van der Waals surface area contributed by atoms with Crippen LogP contribution in [0.15, 0.2) is 60.2 Å². The van der Waals surface area contributed by atoms with Gasteiger partial charge in [0.25, 0.3) is 0 Å². The first kappa shape index (κ1) is 20.7. The van der Waals surface area contributed by atoms with Gasteiger partial charge in [0.15, 0.2) is 0 Å². The lowest BCUT2D eigenvalue weighted by molar-refractivity contribution is -0.130. The lowest BCUT2D eigenvalue weighted by Crippen LogP contribution is -2.25. The monoisotopic (exact) mass is 399 g/mol. The Balaban J connectivity index is 1.77. The quantitative estimate of drug-likeness (QED) is 0.486. The molecule has 6 heteroatoms. The van der Waals surface area contributed by atoms with Crippen molar-refractivity contribution in [2.24, 2.45) is 0 Å². The Labute approximate surface area is 175 Å². The molecule has 0 aliphatic carbocycles. The van der Waals surface area contributed by atoms with Crippen LogP contribution >= 0.6 is 0 Å². The van der Waals surface area contributed by atoms with Crippen LogP contribution < -0.4 is 9.64 Å². The van der Waals surface area contributed by atoms with Crippen molar-refractivity contribution in [1.82, 2.24) is 0 Å². The summed E-state index contributed by atoms with van der Waals surface area (Å²) in [7, 11) is 1.60. The van der Waals surface area contributed by atoms with Gasteiger partial charge in [0, 0.05) is 24.3 Å². The van der Waals surface area contributed by atoms with Crippen molar-refractivity contribution in [3.63, 3.8) is 0 Å². The molecule has 0 bridgehead atoms. The second kappa shape index (κ2) is 9.95. The van der Waals surface area contributed by atoms with Crippen LogP contribution in [0.5, 0.6) is 5.75 Å². The molecule has 1 heterocycles. The van der Waals surface area contributed by atoms with E-state index in [1.165, 1.54) is 0 Å². The zero-order valence-corrected chi connectivity index (χ0v) is 16.7. The number of anilines is 1. The number of benzene rings is 2. The highest BCUT2D eigenvalue weighted by Crippen LogP contribution is 2.29. The van der Waals surface area contributed by atoms with Crippen LogP contribution in [0.2, 0.25) is 0 Å². The van der Waals surface area contributed by atoms with Gasteiger partial charge in [-0.3, -0.25) is 0 Å². The summed E-state index contributed by atoms with van der Waals surface area (Å²) in [5, 5.41) is 17.7. The molecule has 1 aliphatic rings. The first-order chi connectivity index (χ1) is 14.6. The normalized spacial score (nSPS) is 13.9. The van der Waals surface area contributed by atoms with Gasteiger partial charge in [0.2, 0.25) is 0 Å². The topological polar surface area (TPSA) is 86.4 Å². The average Bonchev–Trinajstić information content (AvgIpc) is 3.15. The molecule has 0 N–H and O–H groups in total. The number of carbonyl (C=O) groups is 1. The number of nitriles is 2. The van der Waals surface area contributed by atoms with E-state index in [9.17, 15) is 4.79 Å². The first-order valence-electron chi connectivity index (χ1n) is 9.53. The fraction of sp³-hybridized carbons (Fsp3) is 0.208. The van der Waals surface area contributed by atoms with Crippen LogP contribution in [0.25, 0.3) is 11.8 Å². The van der Waals surface area contributed by atoms with Crippen molar-refractivity contribution in [3.05, 3.63) is 71.3 Å². The minimum Gasteiger partial charge on any atom is -0.497 e. The van der Waals surface area contributed by atoms with Gasteiger partial charge < -0.3 is 14.4 Å². The number of methoxy groups -OCH3 is 1. The number of carbonyl (C=O) groups excluding carboxylic acids is 1. The van der Waals surface area contributed by atoms with Crippen LogP contribution in [-0.4, -0.2) is 26.2 Å². The summed E-state index contributed by atoms with van der Waals surface area (Å²) in [5.41, 5.74) is 3.07. The highest BCUT2D eigenvalue weighted by molar-refractivity contribution is 6.05. The first-order valence-corrected chi connectivity index (χ1v) is 9.53. The summed E-state index contributed by atoms with van der Waals surface area (Å²) < 4.78 is 10.5. The molecule has 30 heavy (non-hydrogen) atoms. The zero-order chi connectivity index (χ0) is 21.3. The molecule has 0 atom stereocenters. The Bertz CT molecular complexity index is 1020. The third-order valence-electron chi connectivity index (χ3n) is 4.67. The molecule has 0 radical (unpaired) electrons. The summed E-state index contributed by atoms with van der Waals surface area (Å²) in [6.45, 7) is 1.14. The van der Waals surface area contributed by atoms with Crippen LogP contribution in [-0.2, 0) is 9.53 Å². The fourth-order valence-electron chi connectivity index (χ4n) is 3.09. The molecule has 0 saturated heterocycles. The van der Waals surface area contributed by atoms with Gasteiger partial charge in [0.1, 0.15) is 11.5 Å². The third kappa shape index (κ3) is 5.06. The van der Waals surface area contributed by atoms with Gasteiger partial charge in [-0.05, 0) is 54.1 Å². The van der Waals surface area contributed by atoms with E-state index in [4.69, 9.17) is 20.0 Å². The van der Waals surface area contributed by atoms with E-state index < -0.39 is 5.97 Å². The number of hydrogen-bond donors (Lipinski definition) is 0. The number of cyclic esters (lactones) is 1. The molecule has 150 valence electrons. The number of rotatable bonds is 8. The van der Waals surface area contributed by atoms with Crippen molar-refractivity contribution in [2.75, 3.05) is 25.1 Å². The second-order valence-corrected chi connectivity index (χ2v) is 6.62. The van der Waals surface area contributed by atoms with Crippen molar-refractivity contribution in [1.29, 1.82) is 10.5 Å². The Morgan fingerprint density at radius 2 is 1.63 bits per heavy atom. The maximum absolute atomic E-state index is 12.3. The molecule has 0 unspecified atom stereocenters. The molecule has 0 fully saturated rings. The highest BCUT2D eigenvalue weighted by Gasteiger charge is 2.22. The predicted octanol–water partition coefficient (Wildman–Crippen LogP) is 4.31. The molecular weight excluding hydrogens is 378 g/mol. The van der Waals surface area contributed by atoms with Crippen LogP contribution in [0.1, 0.15) is 24.0 Å². The Morgan fingerprint density at radius 1 is 1.00 bits per heavy atom. The Kier molecular flexibility index (Phi) is 6.87. The minimum atomic E-state index is -0.394. The van der Waals surface area contributed by atoms with Crippen molar-refractivity contribution in [2.45, 2.75) is 12.8 Å². The number of hydrogen-bond acceptors (Lipinski definition) is 6. The van der Waals surface area contributed by atoms with Gasteiger partial charge in [-0.25, -0.2) is 4.79 Å². The van der Waals surface area contributed by atoms with Crippen molar-refractivity contribution < 1.29 is 14.3 Å². The molecule has 0 amide bonds. The number of esters is 1. The van der Waals surface area contributed by atoms with E-state index in [1.807, 2.05) is 53.4 Å².